The molecule has 44 heavy (non-hydrogen) atoms. The van der Waals surface area contributed by atoms with Gasteiger partial charge in [0.05, 0.1) is 24.4 Å². The average Bonchev–Trinajstić information content (AvgIpc) is 3.41. The van der Waals surface area contributed by atoms with Crippen molar-refractivity contribution in [3.8, 4) is 0 Å². The fraction of sp³-hybridized carbons (Fsp3) is 0.946. The third-order valence-corrected chi connectivity index (χ3v) is 13.7. The molecule has 4 saturated carbocycles. The van der Waals surface area contributed by atoms with E-state index in [0.29, 0.717) is 49.4 Å². The maximum absolute atomic E-state index is 13.2. The van der Waals surface area contributed by atoms with Gasteiger partial charge in [0.1, 0.15) is 12.2 Å². The van der Waals surface area contributed by atoms with Crippen LogP contribution in [0.5, 0.6) is 0 Å². The van der Waals surface area contributed by atoms with Gasteiger partial charge < -0.3 is 24.4 Å². The molecule has 5 fully saturated rings. The molecule has 4 aliphatic carbocycles. The van der Waals surface area contributed by atoms with Crippen LogP contribution in [0.2, 0.25) is 0 Å². The molecule has 5 rings (SSSR count). The first kappa shape index (κ1) is 34.2. The minimum Gasteiger partial charge on any atom is -0.459 e. The van der Waals surface area contributed by atoms with Crippen LogP contribution in [-0.2, 0) is 23.8 Å². The van der Waals surface area contributed by atoms with Crippen LogP contribution in [0.15, 0.2) is 0 Å². The lowest BCUT2D eigenvalue weighted by atomic mass is 9.44. The summed E-state index contributed by atoms with van der Waals surface area (Å²) < 4.78 is 20.0. The van der Waals surface area contributed by atoms with E-state index in [2.05, 4.69) is 41.5 Å². The Kier molecular flexibility index (Phi) is 10.2. The fourth-order valence-corrected chi connectivity index (χ4v) is 11.7. The van der Waals surface area contributed by atoms with E-state index in [4.69, 9.17) is 14.2 Å². The first-order valence-electron chi connectivity index (χ1n) is 18.2. The molecule has 1 heterocycles. The van der Waals surface area contributed by atoms with E-state index in [1.165, 1.54) is 0 Å². The van der Waals surface area contributed by atoms with E-state index in [-0.39, 0.29) is 70.9 Å². The van der Waals surface area contributed by atoms with Crippen molar-refractivity contribution in [2.45, 2.75) is 163 Å². The number of hydrogen-bond donors (Lipinski definition) is 2. The molecule has 0 spiro atoms. The van der Waals surface area contributed by atoms with Crippen molar-refractivity contribution in [3.63, 3.8) is 0 Å². The molecular formula is C37H62O7. The van der Waals surface area contributed by atoms with E-state index >= 15 is 0 Å². The molecule has 15 atom stereocenters. The molecule has 0 aromatic rings. The van der Waals surface area contributed by atoms with Crippen LogP contribution in [0.1, 0.15) is 126 Å². The first-order chi connectivity index (χ1) is 20.8. The average molecular weight is 619 g/mol. The summed E-state index contributed by atoms with van der Waals surface area (Å²) in [5.74, 6) is 2.01. The van der Waals surface area contributed by atoms with E-state index in [9.17, 15) is 19.8 Å². The largest absolute Gasteiger partial charge is 0.459 e. The van der Waals surface area contributed by atoms with Gasteiger partial charge in [-0.1, -0.05) is 55.4 Å². The smallest absolute Gasteiger partial charge is 0.306 e. The zero-order valence-electron chi connectivity index (χ0n) is 28.8. The molecular weight excluding hydrogens is 556 g/mol. The van der Waals surface area contributed by atoms with Crippen LogP contribution < -0.4 is 0 Å². The summed E-state index contributed by atoms with van der Waals surface area (Å²) in [5, 5.41) is 21.4. The number of fused-ring (bicyclic) bond motifs is 7. The van der Waals surface area contributed by atoms with Gasteiger partial charge in [-0.2, -0.15) is 0 Å². The van der Waals surface area contributed by atoms with Gasteiger partial charge in [-0.05, 0) is 104 Å². The highest BCUT2D eigenvalue weighted by molar-refractivity contribution is 5.70. The zero-order chi connectivity index (χ0) is 32.1. The minimum absolute atomic E-state index is 0.0300. The zero-order valence-corrected chi connectivity index (χ0v) is 28.8. The number of carbonyl (C=O) groups excluding carboxylic acids is 2. The van der Waals surface area contributed by atoms with Gasteiger partial charge in [0, 0.05) is 24.7 Å². The van der Waals surface area contributed by atoms with Crippen LogP contribution in [-0.4, -0.2) is 58.8 Å². The lowest BCUT2D eigenvalue weighted by Gasteiger charge is -2.61. The van der Waals surface area contributed by atoms with Crippen molar-refractivity contribution in [1.29, 1.82) is 0 Å². The van der Waals surface area contributed by atoms with E-state index in [0.717, 1.165) is 44.9 Å². The Morgan fingerprint density at radius 2 is 1.61 bits per heavy atom. The number of hydrogen-bond acceptors (Lipinski definition) is 7. The number of ether oxygens (including phenoxy) is 3. The lowest BCUT2D eigenvalue weighted by Crippen LogP contribution is -2.58. The maximum atomic E-state index is 13.2. The lowest BCUT2D eigenvalue weighted by molar-refractivity contribution is -0.192. The highest BCUT2D eigenvalue weighted by Crippen LogP contribution is 2.70. The monoisotopic (exact) mass is 618 g/mol. The number of aliphatic hydroxyl groups excluding tert-OH is 2. The number of aliphatic hydroxyl groups is 2. The number of rotatable bonds is 10. The van der Waals surface area contributed by atoms with Crippen molar-refractivity contribution in [3.05, 3.63) is 0 Å². The molecule has 0 radical (unpaired) electrons. The topological polar surface area (TPSA) is 102 Å². The Labute approximate surface area is 266 Å². The standard InChI is InChI=1S/C37H62O7/c1-9-12-28(40)42-33(23(11-3)20(4)5)32-21(6)30-34(44-32)35(43-29(41)13-10-2)31-24-15-14-22-18-26(38)27(39)19-37(22,8)25(24)16-17-36(30,31)7/h20-27,30-35,38-39H,9-19H2,1-8H3/t21-,22?,23?,24+,25-,26-,27-,30-,31+,32-,33?,34+,35+,36+,37-/m0/s1. The predicted molar refractivity (Wildman–Crippen MR) is 169 cm³/mol. The first-order valence-corrected chi connectivity index (χ1v) is 18.2. The van der Waals surface area contributed by atoms with Gasteiger partial charge in [-0.25, -0.2) is 0 Å². The highest BCUT2D eigenvalue weighted by atomic mass is 16.6. The molecule has 1 aliphatic heterocycles. The molecule has 2 N–H and O–H groups in total. The molecule has 0 amide bonds. The van der Waals surface area contributed by atoms with Gasteiger partial charge in [0.2, 0.25) is 0 Å². The molecule has 252 valence electrons. The second-order valence-electron chi connectivity index (χ2n) is 16.4. The summed E-state index contributed by atoms with van der Waals surface area (Å²) in [4.78, 5) is 26.2. The molecule has 0 aromatic carbocycles. The molecule has 3 unspecified atom stereocenters. The molecule has 0 aromatic heterocycles. The highest BCUT2D eigenvalue weighted by Gasteiger charge is 2.71. The second kappa shape index (κ2) is 13.1. The third-order valence-electron chi connectivity index (χ3n) is 13.7. The summed E-state index contributed by atoms with van der Waals surface area (Å²) in [7, 11) is 0. The summed E-state index contributed by atoms with van der Waals surface area (Å²) in [6.45, 7) is 17.7. The SMILES string of the molecule is CCCC(=O)OC(C(CC)C(C)C)[C@H]1O[C@H]2[C@H](OC(=O)CCC)[C@H]3[C@@H]4CCC5C[C@H](O)[C@@H](O)C[C@]5(C)[C@H]4CC[C@]3(C)[C@H]2[C@@H]1C. The molecule has 7 heteroatoms. The predicted octanol–water partition coefficient (Wildman–Crippen LogP) is 6.71. The summed E-state index contributed by atoms with van der Waals surface area (Å²) in [6.07, 6.45) is 6.36. The second-order valence-corrected chi connectivity index (χ2v) is 16.4. The van der Waals surface area contributed by atoms with E-state index in [1.54, 1.807) is 0 Å². The van der Waals surface area contributed by atoms with Crippen LogP contribution >= 0.6 is 0 Å². The summed E-state index contributed by atoms with van der Waals surface area (Å²) in [5.41, 5.74) is -0.0948. The molecule has 0 bridgehead atoms. The normalized spacial score (nSPS) is 45.9. The minimum atomic E-state index is -0.673. The fourth-order valence-electron chi connectivity index (χ4n) is 11.7. The van der Waals surface area contributed by atoms with Gasteiger partial charge in [0.15, 0.2) is 0 Å². The Balaban J connectivity index is 1.50. The maximum Gasteiger partial charge on any atom is 0.306 e. The summed E-state index contributed by atoms with van der Waals surface area (Å²) in [6, 6.07) is 0. The van der Waals surface area contributed by atoms with Crippen LogP contribution in [0.4, 0.5) is 0 Å². The van der Waals surface area contributed by atoms with E-state index < -0.39 is 12.2 Å². The molecule has 7 nitrogen and oxygen atoms in total. The number of carbonyl (C=O) groups is 2. The summed E-state index contributed by atoms with van der Waals surface area (Å²) >= 11 is 0. The van der Waals surface area contributed by atoms with Crippen molar-refractivity contribution in [2.75, 3.05) is 0 Å². The van der Waals surface area contributed by atoms with Crippen molar-refractivity contribution in [1.82, 2.24) is 0 Å². The van der Waals surface area contributed by atoms with Crippen LogP contribution in [0, 0.1) is 58.2 Å². The van der Waals surface area contributed by atoms with Gasteiger partial charge in [0.25, 0.3) is 0 Å². The van der Waals surface area contributed by atoms with Gasteiger partial charge in [-0.15, -0.1) is 0 Å². The van der Waals surface area contributed by atoms with Crippen molar-refractivity contribution >= 4 is 11.9 Å². The van der Waals surface area contributed by atoms with Gasteiger partial charge >= 0.3 is 11.9 Å². The Bertz CT molecular complexity index is 1030. The quantitative estimate of drug-likeness (QED) is 0.263. The van der Waals surface area contributed by atoms with Crippen molar-refractivity contribution in [2.24, 2.45) is 58.2 Å². The van der Waals surface area contributed by atoms with Crippen LogP contribution in [0.25, 0.3) is 0 Å². The van der Waals surface area contributed by atoms with Crippen molar-refractivity contribution < 1.29 is 34.0 Å². The van der Waals surface area contributed by atoms with E-state index in [1.807, 2.05) is 13.8 Å². The Morgan fingerprint density at radius 1 is 0.932 bits per heavy atom. The molecule has 1 saturated heterocycles. The van der Waals surface area contributed by atoms with Gasteiger partial charge in [-0.3, -0.25) is 9.59 Å². The number of esters is 2. The molecule has 5 aliphatic rings. The third kappa shape index (κ3) is 5.67. The Hall–Kier alpha value is -1.18. The van der Waals surface area contributed by atoms with Crippen LogP contribution in [0.3, 0.4) is 0 Å². The Morgan fingerprint density at radius 3 is 2.25 bits per heavy atom.